The monoisotopic (exact) mass is 210 g/mol. The Morgan fingerprint density at radius 1 is 1.64 bits per heavy atom. The van der Waals surface area contributed by atoms with Crippen molar-refractivity contribution in [2.24, 2.45) is 4.99 Å². The van der Waals surface area contributed by atoms with Crippen LogP contribution in [-0.2, 0) is 9.53 Å². The summed E-state index contributed by atoms with van der Waals surface area (Å²) in [5.74, 6) is -0.390. The quantitative estimate of drug-likeness (QED) is 0.598. The lowest BCUT2D eigenvalue weighted by molar-refractivity contribution is -0.140. The molecule has 2 rings (SSSR count). The van der Waals surface area contributed by atoms with Gasteiger partial charge in [-0.25, -0.2) is 14.8 Å². The van der Waals surface area contributed by atoms with Crippen LogP contribution in [0.4, 0.5) is 0 Å². The Bertz CT molecular complexity index is 498. The van der Waals surface area contributed by atoms with Gasteiger partial charge in [-0.15, -0.1) is 0 Å². The number of hydrogen-bond acceptors (Lipinski definition) is 4. The van der Waals surface area contributed by atoms with Gasteiger partial charge in [0.05, 0.1) is 12.1 Å². The van der Waals surface area contributed by atoms with Crippen molar-refractivity contribution in [3.05, 3.63) is 28.0 Å². The highest BCUT2D eigenvalue weighted by Crippen LogP contribution is 2.02. The molecule has 0 unspecified atom stereocenters. The average Bonchev–Trinajstić information content (AvgIpc) is 2.59. The zero-order chi connectivity index (χ0) is 10.1. The Morgan fingerprint density at radius 3 is 3.14 bits per heavy atom. The van der Waals surface area contributed by atoms with Crippen LogP contribution in [0.5, 0.6) is 0 Å². The zero-order valence-electron chi connectivity index (χ0n) is 7.40. The summed E-state index contributed by atoms with van der Waals surface area (Å²) in [5.41, 5.74) is 0.532. The van der Waals surface area contributed by atoms with Gasteiger partial charge < -0.3 is 4.74 Å². The van der Waals surface area contributed by atoms with E-state index in [0.717, 1.165) is 5.22 Å². The Morgan fingerprint density at radius 2 is 2.43 bits per heavy atom. The molecule has 0 spiro atoms. The average molecular weight is 211 g/mol. The van der Waals surface area contributed by atoms with Crippen LogP contribution in [0.3, 0.4) is 0 Å². The van der Waals surface area contributed by atoms with Crippen LogP contribution in [0.25, 0.3) is 6.08 Å². The highest BCUT2D eigenvalue weighted by atomic mass is 35.5. The highest BCUT2D eigenvalue weighted by Gasteiger charge is 2.18. The third-order valence-electron chi connectivity index (χ3n) is 1.90. The lowest BCUT2D eigenvalue weighted by Gasteiger charge is -1.99. The zero-order valence-corrected chi connectivity index (χ0v) is 8.15. The number of halogens is 1. The molecule has 2 heterocycles. The molecule has 0 aromatic carbocycles. The van der Waals surface area contributed by atoms with Gasteiger partial charge in [0.2, 0.25) is 0 Å². The largest absolute Gasteiger partial charge is 0.467 e. The van der Waals surface area contributed by atoms with E-state index in [1.54, 1.807) is 12.1 Å². The number of fused-ring (bicyclic) bond motifs is 1. The molecular weight excluding hydrogens is 204 g/mol. The summed E-state index contributed by atoms with van der Waals surface area (Å²) in [6.45, 7) is 0. The van der Waals surface area contributed by atoms with Crippen molar-refractivity contribution < 1.29 is 9.53 Å². The number of nitrogens with zero attached hydrogens (tertiary/aromatic N) is 2. The predicted molar refractivity (Wildman–Crippen MR) is 50.3 cm³/mol. The molecule has 4 nitrogen and oxygen atoms in total. The minimum Gasteiger partial charge on any atom is -0.467 e. The summed E-state index contributed by atoms with van der Waals surface area (Å²) in [6.07, 6.45) is 3.18. The van der Waals surface area contributed by atoms with Crippen molar-refractivity contribution in [1.29, 1.82) is 0 Å². The first-order chi connectivity index (χ1) is 6.70. The molecule has 5 heteroatoms. The van der Waals surface area contributed by atoms with Gasteiger partial charge in [0, 0.05) is 11.4 Å². The SMILES string of the molecule is COC(=O)[C@H]1C=c2cc(Cl)cnc2=N1. The van der Waals surface area contributed by atoms with E-state index in [1.165, 1.54) is 13.3 Å². The Kier molecular flexibility index (Phi) is 2.21. The van der Waals surface area contributed by atoms with E-state index >= 15 is 0 Å². The molecule has 1 aliphatic rings. The summed E-state index contributed by atoms with van der Waals surface area (Å²) in [7, 11) is 1.33. The number of pyridine rings is 1. The lowest BCUT2D eigenvalue weighted by atomic mass is 10.3. The molecule has 0 aliphatic carbocycles. The summed E-state index contributed by atoms with van der Waals surface area (Å²) in [6, 6.07) is 1.14. The van der Waals surface area contributed by atoms with E-state index in [0.29, 0.717) is 10.5 Å². The maximum absolute atomic E-state index is 11.2. The van der Waals surface area contributed by atoms with E-state index in [-0.39, 0.29) is 5.97 Å². The van der Waals surface area contributed by atoms with Gasteiger partial charge in [-0.3, -0.25) is 0 Å². The summed E-state index contributed by atoms with van der Waals surface area (Å²) < 4.78 is 4.57. The van der Waals surface area contributed by atoms with E-state index in [9.17, 15) is 4.79 Å². The molecule has 14 heavy (non-hydrogen) atoms. The number of esters is 1. The van der Waals surface area contributed by atoms with Gasteiger partial charge in [0.15, 0.2) is 11.5 Å². The van der Waals surface area contributed by atoms with E-state index in [2.05, 4.69) is 14.7 Å². The molecule has 0 saturated heterocycles. The highest BCUT2D eigenvalue weighted by molar-refractivity contribution is 6.30. The van der Waals surface area contributed by atoms with Crippen LogP contribution in [0.1, 0.15) is 0 Å². The van der Waals surface area contributed by atoms with Crippen LogP contribution in [-0.4, -0.2) is 24.1 Å². The predicted octanol–water partition coefficient (Wildman–Crippen LogP) is -0.310. The third kappa shape index (κ3) is 1.48. The molecule has 0 amide bonds. The molecule has 1 aliphatic heterocycles. The first-order valence-corrected chi connectivity index (χ1v) is 4.37. The van der Waals surface area contributed by atoms with Crippen molar-refractivity contribution >= 4 is 23.6 Å². The van der Waals surface area contributed by atoms with Gasteiger partial charge in [0.1, 0.15) is 0 Å². The maximum Gasteiger partial charge on any atom is 0.334 e. The van der Waals surface area contributed by atoms with Crippen molar-refractivity contribution in [2.75, 3.05) is 7.11 Å². The standard InChI is InChI=1S/C9H7ClN2O2/c1-14-9(13)7-3-5-2-6(10)4-11-8(5)12-7/h2-4,7H,1H3/t7-/m1/s1. The van der Waals surface area contributed by atoms with Crippen LogP contribution in [0.15, 0.2) is 17.3 Å². The second-order valence-corrected chi connectivity index (χ2v) is 3.27. The van der Waals surface area contributed by atoms with Crippen molar-refractivity contribution in [3.63, 3.8) is 0 Å². The number of carbonyl (C=O) groups is 1. The molecule has 72 valence electrons. The number of carbonyl (C=O) groups excluding carboxylic acids is 1. The van der Waals surface area contributed by atoms with E-state index in [1.807, 2.05) is 0 Å². The molecule has 0 bridgehead atoms. The Balaban J connectivity index is 2.48. The first kappa shape index (κ1) is 9.15. The number of methoxy groups -OCH3 is 1. The fraction of sp³-hybridized carbons (Fsp3) is 0.222. The first-order valence-electron chi connectivity index (χ1n) is 4.00. The topological polar surface area (TPSA) is 51.5 Å². The molecule has 1 aromatic rings. The van der Waals surface area contributed by atoms with Crippen molar-refractivity contribution in [1.82, 2.24) is 4.98 Å². The molecule has 0 fully saturated rings. The van der Waals surface area contributed by atoms with Gasteiger partial charge >= 0.3 is 5.97 Å². The van der Waals surface area contributed by atoms with Crippen LogP contribution in [0, 0.1) is 0 Å². The fourth-order valence-electron chi connectivity index (χ4n) is 1.26. The minimum absolute atomic E-state index is 0.390. The van der Waals surface area contributed by atoms with Gasteiger partial charge in [-0.05, 0) is 12.1 Å². The van der Waals surface area contributed by atoms with Crippen LogP contribution < -0.4 is 10.7 Å². The van der Waals surface area contributed by atoms with Crippen LogP contribution in [0.2, 0.25) is 5.02 Å². The van der Waals surface area contributed by atoms with E-state index in [4.69, 9.17) is 11.6 Å². The smallest absolute Gasteiger partial charge is 0.334 e. The summed E-state index contributed by atoms with van der Waals surface area (Å²) >= 11 is 5.74. The molecular formula is C9H7ClN2O2. The second-order valence-electron chi connectivity index (χ2n) is 2.83. The fourth-order valence-corrected chi connectivity index (χ4v) is 1.43. The summed E-state index contributed by atoms with van der Waals surface area (Å²) in [4.78, 5) is 19.2. The van der Waals surface area contributed by atoms with Gasteiger partial charge in [-0.2, -0.15) is 0 Å². The molecule has 0 saturated carbocycles. The Hall–Kier alpha value is -1.42. The number of ether oxygens (including phenoxy) is 1. The minimum atomic E-state index is -0.582. The number of hydrogen-bond donors (Lipinski definition) is 0. The van der Waals surface area contributed by atoms with Gasteiger partial charge in [0.25, 0.3) is 0 Å². The molecule has 0 N–H and O–H groups in total. The lowest BCUT2D eigenvalue weighted by Crippen LogP contribution is -2.24. The van der Waals surface area contributed by atoms with E-state index < -0.39 is 6.04 Å². The molecule has 0 radical (unpaired) electrons. The molecule has 1 aromatic heterocycles. The van der Waals surface area contributed by atoms with Crippen molar-refractivity contribution in [3.8, 4) is 0 Å². The van der Waals surface area contributed by atoms with Crippen molar-refractivity contribution in [2.45, 2.75) is 6.04 Å². The number of aromatic nitrogens is 1. The maximum atomic E-state index is 11.2. The Labute approximate surface area is 84.9 Å². The van der Waals surface area contributed by atoms with Gasteiger partial charge in [-0.1, -0.05) is 11.6 Å². The summed E-state index contributed by atoms with van der Waals surface area (Å²) in [5, 5.41) is 1.30. The second kappa shape index (κ2) is 3.38. The molecule has 1 atom stereocenters. The third-order valence-corrected chi connectivity index (χ3v) is 2.11. The van der Waals surface area contributed by atoms with Crippen LogP contribution >= 0.6 is 11.6 Å². The number of rotatable bonds is 1. The normalized spacial score (nSPS) is 18.0.